The Bertz CT molecular complexity index is 599. The molecule has 4 fully saturated rings. The van der Waals surface area contributed by atoms with Crippen LogP contribution in [0.15, 0.2) is 0 Å². The number of unbranched alkanes of at least 4 members (excludes halogenated alkanes) is 4. The van der Waals surface area contributed by atoms with Crippen LogP contribution >= 0.6 is 0 Å². The number of carbonyl (C=O) groups excluding carboxylic acids is 2. The zero-order valence-corrected chi connectivity index (χ0v) is 20.4. The van der Waals surface area contributed by atoms with E-state index in [1.54, 1.807) is 0 Å². The van der Waals surface area contributed by atoms with E-state index in [0.717, 1.165) is 25.7 Å². The summed E-state index contributed by atoms with van der Waals surface area (Å²) in [4.78, 5) is 25.6. The van der Waals surface area contributed by atoms with Crippen LogP contribution in [0.4, 0.5) is 0 Å². The first-order valence-corrected chi connectivity index (χ1v) is 13.4. The molecule has 3 aliphatic heterocycles. The maximum atomic E-state index is 12.8. The highest BCUT2D eigenvalue weighted by Crippen LogP contribution is 2.44. The van der Waals surface area contributed by atoms with Crippen molar-refractivity contribution >= 4 is 11.9 Å². The quantitative estimate of drug-likeness (QED) is 0.190. The third-order valence-corrected chi connectivity index (χ3v) is 7.60. The van der Waals surface area contributed by atoms with Crippen LogP contribution in [0.5, 0.6) is 0 Å². The number of rotatable bonds is 16. The van der Waals surface area contributed by atoms with Crippen LogP contribution in [0.3, 0.4) is 0 Å². The van der Waals surface area contributed by atoms with E-state index in [1.807, 2.05) is 0 Å². The van der Waals surface area contributed by atoms with Crippen molar-refractivity contribution in [3.05, 3.63) is 0 Å². The molecular weight excluding hydrogens is 424 g/mol. The van der Waals surface area contributed by atoms with Gasteiger partial charge in [-0.25, -0.2) is 0 Å². The van der Waals surface area contributed by atoms with Crippen LogP contribution in [-0.2, 0) is 33.3 Å². The minimum atomic E-state index is -0.472. The summed E-state index contributed by atoms with van der Waals surface area (Å²) in [6.45, 7) is 5.08. The highest BCUT2D eigenvalue weighted by atomic mass is 16.6. The summed E-state index contributed by atoms with van der Waals surface area (Å²) in [7, 11) is 0. The van der Waals surface area contributed by atoms with Gasteiger partial charge in [0.15, 0.2) is 0 Å². The second-order valence-corrected chi connectivity index (χ2v) is 10.2. The predicted molar refractivity (Wildman–Crippen MR) is 122 cm³/mol. The van der Waals surface area contributed by atoms with Gasteiger partial charge in [0.2, 0.25) is 0 Å². The maximum Gasteiger partial charge on any atom is 0.309 e. The second kappa shape index (κ2) is 12.0. The fourth-order valence-corrected chi connectivity index (χ4v) is 5.27. The molecule has 4 rings (SSSR count). The van der Waals surface area contributed by atoms with Crippen molar-refractivity contribution in [2.45, 2.75) is 128 Å². The number of hydrogen-bond donors (Lipinski definition) is 0. The Morgan fingerprint density at radius 2 is 1.06 bits per heavy atom. The largest absolute Gasteiger partial charge is 0.465 e. The Hall–Kier alpha value is -1.18. The highest BCUT2D eigenvalue weighted by Gasteiger charge is 2.53. The summed E-state index contributed by atoms with van der Waals surface area (Å²) >= 11 is 0. The molecule has 0 N–H and O–H groups in total. The van der Waals surface area contributed by atoms with Gasteiger partial charge in [0.25, 0.3) is 0 Å². The van der Waals surface area contributed by atoms with Crippen molar-refractivity contribution in [2.75, 3.05) is 13.2 Å². The summed E-state index contributed by atoms with van der Waals surface area (Å²) in [6.07, 6.45) is 13.3. The van der Waals surface area contributed by atoms with Crippen LogP contribution < -0.4 is 0 Å². The molecule has 0 spiro atoms. The summed E-state index contributed by atoms with van der Waals surface area (Å²) in [6, 6.07) is 0. The van der Waals surface area contributed by atoms with Crippen molar-refractivity contribution in [3.63, 3.8) is 0 Å². The monoisotopic (exact) mass is 466 g/mol. The van der Waals surface area contributed by atoms with Gasteiger partial charge in [-0.15, -0.1) is 0 Å². The molecule has 4 aliphatic rings. The zero-order valence-electron chi connectivity index (χ0n) is 20.4. The molecule has 0 bridgehead atoms. The number of esters is 2. The van der Waals surface area contributed by atoms with Gasteiger partial charge in [0.05, 0.1) is 61.7 Å². The minimum Gasteiger partial charge on any atom is -0.465 e. The molecule has 0 amide bonds. The minimum absolute atomic E-state index is 0.0880. The van der Waals surface area contributed by atoms with Crippen LogP contribution in [0.25, 0.3) is 0 Å². The van der Waals surface area contributed by atoms with Gasteiger partial charge < -0.3 is 23.7 Å². The lowest BCUT2D eigenvalue weighted by atomic mass is 9.79. The van der Waals surface area contributed by atoms with Crippen LogP contribution in [0, 0.1) is 11.8 Å². The first-order valence-electron chi connectivity index (χ1n) is 13.4. The van der Waals surface area contributed by atoms with Gasteiger partial charge in [0.1, 0.15) is 0 Å². The highest BCUT2D eigenvalue weighted by molar-refractivity contribution is 5.82. The van der Waals surface area contributed by atoms with Gasteiger partial charge >= 0.3 is 11.9 Å². The number of hydrogen-bond acceptors (Lipinski definition) is 7. The molecule has 1 saturated carbocycles. The maximum absolute atomic E-state index is 12.8. The first-order chi connectivity index (χ1) is 16.1. The standard InChI is InChI=1S/C26H42O7/c1-3-5-7-9-19-21(31-19)11-13-29-25(27)17-15-23-24(33-23)16-18(17)26(28)30-14-12-22-20(32-22)10-8-6-4-2/h17-24H,3-16H2,1-2H3. The van der Waals surface area contributed by atoms with Crippen LogP contribution in [0.1, 0.15) is 90.9 Å². The van der Waals surface area contributed by atoms with E-state index >= 15 is 0 Å². The molecule has 3 heterocycles. The van der Waals surface area contributed by atoms with Gasteiger partial charge in [0, 0.05) is 12.8 Å². The summed E-state index contributed by atoms with van der Waals surface area (Å²) < 4.78 is 28.1. The third-order valence-electron chi connectivity index (χ3n) is 7.60. The van der Waals surface area contributed by atoms with E-state index in [-0.39, 0.29) is 36.4 Å². The SMILES string of the molecule is CCCCCC1OC1CCOC(=O)C1CC2OC2CC1C(=O)OCCC1OC1CCCCC. The normalized spacial score (nSPS) is 36.1. The van der Waals surface area contributed by atoms with Gasteiger partial charge in [-0.05, 0) is 25.7 Å². The molecule has 7 nitrogen and oxygen atoms in total. The van der Waals surface area contributed by atoms with E-state index in [2.05, 4.69) is 13.8 Å². The van der Waals surface area contributed by atoms with E-state index in [0.29, 0.717) is 38.3 Å². The van der Waals surface area contributed by atoms with Crippen LogP contribution in [0.2, 0.25) is 0 Å². The van der Waals surface area contributed by atoms with Crippen LogP contribution in [-0.4, -0.2) is 61.8 Å². The third kappa shape index (κ3) is 7.40. The lowest BCUT2D eigenvalue weighted by molar-refractivity contribution is -0.162. The van der Waals surface area contributed by atoms with E-state index in [4.69, 9.17) is 23.7 Å². The predicted octanol–water partition coefficient (Wildman–Crippen LogP) is 4.34. The molecule has 0 radical (unpaired) electrons. The number of fused-ring (bicyclic) bond motifs is 1. The first kappa shape index (κ1) is 24.9. The molecule has 8 unspecified atom stereocenters. The summed E-state index contributed by atoms with van der Waals surface area (Å²) in [5.41, 5.74) is 0. The molecule has 188 valence electrons. The fourth-order valence-electron chi connectivity index (χ4n) is 5.27. The molecule has 3 saturated heterocycles. The molecule has 7 heteroatoms. The molecule has 0 aromatic rings. The van der Waals surface area contributed by atoms with E-state index in [1.165, 1.54) is 38.5 Å². The Balaban J connectivity index is 1.13. The Labute approximate surface area is 198 Å². The molecule has 0 aromatic heterocycles. The Kier molecular flexibility index (Phi) is 9.05. The van der Waals surface area contributed by atoms with Crippen molar-refractivity contribution in [1.82, 2.24) is 0 Å². The topological polar surface area (TPSA) is 90.2 Å². The van der Waals surface area contributed by atoms with Crippen molar-refractivity contribution in [1.29, 1.82) is 0 Å². The second-order valence-electron chi connectivity index (χ2n) is 10.2. The average Bonchev–Trinajstić information content (AvgIpc) is 3.69. The lowest BCUT2D eigenvalue weighted by Gasteiger charge is -2.26. The average molecular weight is 467 g/mol. The lowest BCUT2D eigenvalue weighted by Crippen LogP contribution is -2.38. The molecule has 1 aliphatic carbocycles. The Morgan fingerprint density at radius 3 is 1.48 bits per heavy atom. The molecular formula is C26H42O7. The summed E-state index contributed by atoms with van der Waals surface area (Å²) in [5.74, 6) is -1.53. The van der Waals surface area contributed by atoms with Gasteiger partial charge in [-0.3, -0.25) is 9.59 Å². The summed E-state index contributed by atoms with van der Waals surface area (Å²) in [5, 5.41) is 0. The number of carbonyl (C=O) groups is 2. The van der Waals surface area contributed by atoms with Gasteiger partial charge in [-0.1, -0.05) is 52.4 Å². The van der Waals surface area contributed by atoms with Crippen molar-refractivity contribution < 1.29 is 33.3 Å². The smallest absolute Gasteiger partial charge is 0.309 e. The van der Waals surface area contributed by atoms with Crippen molar-refractivity contribution in [2.24, 2.45) is 11.8 Å². The van der Waals surface area contributed by atoms with Crippen molar-refractivity contribution in [3.8, 4) is 0 Å². The zero-order chi connectivity index (χ0) is 23.2. The fraction of sp³-hybridized carbons (Fsp3) is 0.923. The molecule has 0 aromatic carbocycles. The molecule has 33 heavy (non-hydrogen) atoms. The van der Waals surface area contributed by atoms with E-state index < -0.39 is 11.8 Å². The van der Waals surface area contributed by atoms with Gasteiger partial charge in [-0.2, -0.15) is 0 Å². The molecule has 8 atom stereocenters. The number of ether oxygens (including phenoxy) is 5. The Morgan fingerprint density at radius 1 is 0.636 bits per heavy atom. The van der Waals surface area contributed by atoms with E-state index in [9.17, 15) is 9.59 Å². The number of epoxide rings is 3.